The number of pyridine rings is 1. The zero-order valence-electron chi connectivity index (χ0n) is 17.8. The number of aromatic nitrogens is 3. The van der Waals surface area contributed by atoms with Crippen LogP contribution >= 0.6 is 11.8 Å². The summed E-state index contributed by atoms with van der Waals surface area (Å²) in [6.45, 7) is 4.72. The second-order valence-corrected chi connectivity index (χ2v) is 8.52. The maximum atomic E-state index is 12.6. The highest BCUT2D eigenvalue weighted by Gasteiger charge is 2.16. The molecule has 6 nitrogen and oxygen atoms in total. The van der Waals surface area contributed by atoms with Gasteiger partial charge in [0.1, 0.15) is 5.82 Å². The number of carbonyl (C=O) groups excluding carboxylic acids is 1. The Kier molecular flexibility index (Phi) is 7.14. The Labute approximate surface area is 187 Å². The minimum atomic E-state index is -0.0868. The molecule has 0 radical (unpaired) electrons. The summed E-state index contributed by atoms with van der Waals surface area (Å²) >= 11 is 1.62. The number of hydrogen-bond acceptors (Lipinski definition) is 6. The van der Waals surface area contributed by atoms with Crippen LogP contribution < -0.4 is 10.2 Å². The number of hydrogen-bond donors (Lipinski definition) is 1. The van der Waals surface area contributed by atoms with Crippen molar-refractivity contribution in [3.8, 4) is 0 Å². The number of thioether (sulfide) groups is 1. The molecular weight excluding hydrogens is 406 g/mol. The van der Waals surface area contributed by atoms with Crippen LogP contribution in [0.4, 0.5) is 5.82 Å². The second kappa shape index (κ2) is 10.4. The maximum absolute atomic E-state index is 12.6. The summed E-state index contributed by atoms with van der Waals surface area (Å²) in [4.78, 5) is 28.5. The first kappa shape index (κ1) is 21.3. The average Bonchev–Trinajstić information content (AvgIpc) is 3.37. The van der Waals surface area contributed by atoms with Gasteiger partial charge >= 0.3 is 0 Å². The van der Waals surface area contributed by atoms with E-state index >= 15 is 0 Å². The predicted molar refractivity (Wildman–Crippen MR) is 124 cm³/mol. The van der Waals surface area contributed by atoms with Crippen LogP contribution in [-0.4, -0.2) is 33.9 Å². The van der Waals surface area contributed by atoms with Gasteiger partial charge < -0.3 is 10.2 Å². The van der Waals surface area contributed by atoms with Crippen molar-refractivity contribution >= 4 is 23.5 Å². The summed E-state index contributed by atoms with van der Waals surface area (Å²) in [6, 6.07) is 13.7. The maximum Gasteiger partial charge on any atom is 0.251 e. The van der Waals surface area contributed by atoms with Gasteiger partial charge in [-0.3, -0.25) is 9.78 Å². The number of aryl methyl sites for hydroxylation is 1. The van der Waals surface area contributed by atoms with Crippen LogP contribution in [0.3, 0.4) is 0 Å². The molecule has 1 N–H and O–H groups in total. The molecule has 0 bridgehead atoms. The normalized spacial score (nSPS) is 13.4. The largest absolute Gasteiger partial charge is 0.356 e. The van der Waals surface area contributed by atoms with Crippen LogP contribution in [0.2, 0.25) is 0 Å². The lowest BCUT2D eigenvalue weighted by Gasteiger charge is -2.17. The molecule has 0 unspecified atom stereocenters. The number of nitrogens with zero attached hydrogens (tertiary/aromatic N) is 4. The number of benzene rings is 1. The van der Waals surface area contributed by atoms with Crippen LogP contribution in [0.15, 0.2) is 60.0 Å². The molecule has 1 aliphatic heterocycles. The smallest absolute Gasteiger partial charge is 0.251 e. The van der Waals surface area contributed by atoms with Gasteiger partial charge in [-0.25, -0.2) is 9.97 Å². The molecule has 4 rings (SSSR count). The van der Waals surface area contributed by atoms with E-state index in [2.05, 4.69) is 28.2 Å². The van der Waals surface area contributed by atoms with Gasteiger partial charge in [0, 0.05) is 55.1 Å². The topological polar surface area (TPSA) is 71.0 Å². The highest BCUT2D eigenvalue weighted by atomic mass is 32.2. The third kappa shape index (κ3) is 5.82. The molecule has 7 heteroatoms. The minimum Gasteiger partial charge on any atom is -0.356 e. The molecule has 2 aromatic heterocycles. The Balaban J connectivity index is 1.40. The molecule has 3 heterocycles. The zero-order chi connectivity index (χ0) is 21.5. The fraction of sp³-hybridized carbons (Fsp3) is 0.333. The molecule has 0 saturated carbocycles. The van der Waals surface area contributed by atoms with Crippen LogP contribution in [0.1, 0.15) is 46.9 Å². The Hall–Kier alpha value is -2.93. The number of carbonyl (C=O) groups is 1. The van der Waals surface area contributed by atoms with E-state index in [1.54, 1.807) is 24.2 Å². The molecule has 1 fully saturated rings. The third-order valence-corrected chi connectivity index (χ3v) is 6.19. The molecule has 1 aliphatic rings. The average molecular weight is 434 g/mol. The van der Waals surface area contributed by atoms with Gasteiger partial charge in [0.25, 0.3) is 5.91 Å². The van der Waals surface area contributed by atoms with Crippen molar-refractivity contribution in [3.63, 3.8) is 0 Å². The van der Waals surface area contributed by atoms with Gasteiger partial charge in [0.2, 0.25) is 0 Å². The summed E-state index contributed by atoms with van der Waals surface area (Å²) in [5.74, 6) is 1.67. The molecule has 3 aromatic rings. The first-order valence-corrected chi connectivity index (χ1v) is 11.7. The van der Waals surface area contributed by atoms with E-state index in [1.165, 1.54) is 12.8 Å². The van der Waals surface area contributed by atoms with E-state index in [4.69, 9.17) is 9.97 Å². The van der Waals surface area contributed by atoms with Crippen molar-refractivity contribution < 1.29 is 4.79 Å². The molecule has 1 amide bonds. The highest BCUT2D eigenvalue weighted by molar-refractivity contribution is 7.98. The molecule has 0 atom stereocenters. The third-order valence-electron chi connectivity index (χ3n) is 5.27. The van der Waals surface area contributed by atoms with Crippen molar-refractivity contribution in [2.75, 3.05) is 18.0 Å². The van der Waals surface area contributed by atoms with Gasteiger partial charge in [-0.1, -0.05) is 36.9 Å². The quantitative estimate of drug-likeness (QED) is 0.423. The molecular formula is C24H27N5OS. The van der Waals surface area contributed by atoms with E-state index in [0.717, 1.165) is 53.1 Å². The van der Waals surface area contributed by atoms with Crippen molar-refractivity contribution in [2.24, 2.45) is 0 Å². The molecule has 0 spiro atoms. The fourth-order valence-corrected chi connectivity index (χ4v) is 4.37. The first-order chi connectivity index (χ1) is 15.2. The van der Waals surface area contributed by atoms with Gasteiger partial charge in [0.15, 0.2) is 5.16 Å². The number of nitrogens with one attached hydrogen (secondary N) is 1. The van der Waals surface area contributed by atoms with E-state index in [1.807, 2.05) is 36.4 Å². The fourth-order valence-electron chi connectivity index (χ4n) is 3.55. The van der Waals surface area contributed by atoms with Gasteiger partial charge in [-0.2, -0.15) is 0 Å². The minimum absolute atomic E-state index is 0.0868. The van der Waals surface area contributed by atoms with Crippen molar-refractivity contribution in [1.29, 1.82) is 0 Å². The summed E-state index contributed by atoms with van der Waals surface area (Å²) in [5.41, 5.74) is 3.78. The number of rotatable bonds is 8. The van der Waals surface area contributed by atoms with Crippen molar-refractivity contribution in [2.45, 2.75) is 43.6 Å². The Morgan fingerprint density at radius 1 is 1.10 bits per heavy atom. The first-order valence-electron chi connectivity index (χ1n) is 10.7. The number of amides is 1. The van der Waals surface area contributed by atoms with Gasteiger partial charge in [0.05, 0.1) is 0 Å². The highest BCUT2D eigenvalue weighted by Crippen LogP contribution is 2.25. The van der Waals surface area contributed by atoms with E-state index in [0.29, 0.717) is 12.1 Å². The second-order valence-electron chi connectivity index (χ2n) is 7.58. The lowest BCUT2D eigenvalue weighted by atomic mass is 10.1. The Morgan fingerprint density at radius 2 is 1.94 bits per heavy atom. The summed E-state index contributed by atoms with van der Waals surface area (Å²) in [6.07, 6.45) is 6.82. The SMILES string of the molecule is CCc1cc(N2CCCC2)nc(SCc2cccc(C(=O)NCc3cccnc3)c2)n1. The monoisotopic (exact) mass is 433 g/mol. The van der Waals surface area contributed by atoms with Crippen molar-refractivity contribution in [3.05, 3.63) is 77.2 Å². The Bertz CT molecular complexity index is 1020. The van der Waals surface area contributed by atoms with Crippen LogP contribution in [-0.2, 0) is 18.7 Å². The summed E-state index contributed by atoms with van der Waals surface area (Å²) < 4.78 is 0. The molecule has 31 heavy (non-hydrogen) atoms. The standard InChI is InChI=1S/C24H27N5OS/c1-2-21-14-22(29-11-3-4-12-29)28-24(27-21)31-17-18-7-5-9-20(13-18)23(30)26-16-19-8-6-10-25-15-19/h5-10,13-15H,2-4,11-12,16-17H2,1H3,(H,26,30). The molecule has 0 aliphatic carbocycles. The van der Waals surface area contributed by atoms with E-state index in [9.17, 15) is 4.79 Å². The predicted octanol–water partition coefficient (Wildman–Crippen LogP) is 4.26. The molecule has 160 valence electrons. The lowest BCUT2D eigenvalue weighted by molar-refractivity contribution is 0.0951. The van der Waals surface area contributed by atoms with Crippen LogP contribution in [0.5, 0.6) is 0 Å². The summed E-state index contributed by atoms with van der Waals surface area (Å²) in [7, 11) is 0. The summed E-state index contributed by atoms with van der Waals surface area (Å²) in [5, 5.41) is 3.75. The van der Waals surface area contributed by atoms with Gasteiger partial charge in [-0.15, -0.1) is 0 Å². The zero-order valence-corrected chi connectivity index (χ0v) is 18.6. The van der Waals surface area contributed by atoms with E-state index < -0.39 is 0 Å². The van der Waals surface area contributed by atoms with Crippen LogP contribution in [0.25, 0.3) is 0 Å². The number of anilines is 1. The molecule has 1 saturated heterocycles. The van der Waals surface area contributed by atoms with E-state index in [-0.39, 0.29) is 5.91 Å². The van der Waals surface area contributed by atoms with Gasteiger partial charge in [-0.05, 0) is 48.6 Å². The van der Waals surface area contributed by atoms with Crippen molar-refractivity contribution in [1.82, 2.24) is 20.3 Å². The molecule has 1 aromatic carbocycles. The Morgan fingerprint density at radius 3 is 2.71 bits per heavy atom. The van der Waals surface area contributed by atoms with Crippen LogP contribution in [0, 0.1) is 0 Å². The lowest BCUT2D eigenvalue weighted by Crippen LogP contribution is -2.22.